The molecule has 0 radical (unpaired) electrons. The monoisotopic (exact) mass is 366 g/mol. The van der Waals surface area contributed by atoms with Gasteiger partial charge >= 0.3 is 19.5 Å². The maximum atomic E-state index is 3.78. The fourth-order valence-corrected chi connectivity index (χ4v) is 2.87. The van der Waals surface area contributed by atoms with E-state index < -0.39 is 0 Å². The number of hydrogen-bond acceptors (Lipinski definition) is 2. The van der Waals surface area contributed by atoms with Crippen LogP contribution in [0.3, 0.4) is 0 Å². The summed E-state index contributed by atoms with van der Waals surface area (Å²) in [6.45, 7) is 7.56. The van der Waals surface area contributed by atoms with Crippen LogP contribution in [0.5, 0.6) is 0 Å². The Kier molecular flexibility index (Phi) is 14.5. The van der Waals surface area contributed by atoms with Gasteiger partial charge in [-0.25, -0.2) is 0 Å². The molecule has 0 aliphatic heterocycles. The van der Waals surface area contributed by atoms with E-state index in [2.05, 4.69) is 62.4 Å². The first-order valence-electron chi connectivity index (χ1n) is 6.81. The molecule has 0 aliphatic carbocycles. The Labute approximate surface area is 151 Å². The van der Waals surface area contributed by atoms with Gasteiger partial charge in [0.05, 0.1) is 0 Å². The fourth-order valence-electron chi connectivity index (χ4n) is 1.41. The molecule has 0 N–H and O–H groups in total. The van der Waals surface area contributed by atoms with Crippen LogP contribution in [0.2, 0.25) is 0 Å². The van der Waals surface area contributed by atoms with Gasteiger partial charge in [0.15, 0.2) is 0 Å². The predicted octanol–water partition coefficient (Wildman–Crippen LogP) is 6.00. The summed E-state index contributed by atoms with van der Waals surface area (Å²) in [6.07, 6.45) is 2.00. The van der Waals surface area contributed by atoms with Crippen molar-refractivity contribution in [2.24, 2.45) is 0 Å². The Morgan fingerprint density at radius 2 is 0.952 bits per heavy atom. The van der Waals surface area contributed by atoms with Crippen LogP contribution in [0.15, 0.2) is 70.5 Å². The fraction of sp³-hybridized carbons (Fsp3) is 0.222. The molecule has 2 aromatic carbocycles. The number of benzene rings is 2. The molecular formula is C18H22S2Zn. The first-order valence-corrected chi connectivity index (χ1v) is 8.78. The topological polar surface area (TPSA) is 0 Å². The molecule has 0 amide bonds. The van der Waals surface area contributed by atoms with Crippen molar-refractivity contribution < 1.29 is 19.5 Å². The first kappa shape index (κ1) is 20.8. The van der Waals surface area contributed by atoms with E-state index in [1.165, 1.54) is 9.79 Å². The average molecular weight is 368 g/mol. The third kappa shape index (κ3) is 11.0. The van der Waals surface area contributed by atoms with E-state index in [9.17, 15) is 0 Å². The van der Waals surface area contributed by atoms with Gasteiger partial charge in [-0.1, -0.05) is 36.4 Å². The Hall–Kier alpha value is -0.237. The summed E-state index contributed by atoms with van der Waals surface area (Å²) in [7, 11) is 0. The Morgan fingerprint density at radius 1 is 0.619 bits per heavy atom. The molecule has 0 bridgehead atoms. The van der Waals surface area contributed by atoms with Crippen molar-refractivity contribution >= 4 is 23.5 Å². The van der Waals surface area contributed by atoms with E-state index in [1.54, 1.807) is 0 Å². The average Bonchev–Trinajstić information content (AvgIpc) is 2.53. The van der Waals surface area contributed by atoms with Crippen molar-refractivity contribution in [3.8, 4) is 0 Å². The molecule has 0 spiro atoms. The summed E-state index contributed by atoms with van der Waals surface area (Å²) >= 11 is 3.72. The van der Waals surface area contributed by atoms with Crippen LogP contribution in [-0.2, 0) is 19.5 Å². The van der Waals surface area contributed by atoms with E-state index in [0.717, 1.165) is 24.3 Å². The van der Waals surface area contributed by atoms with Crippen molar-refractivity contribution in [3.63, 3.8) is 0 Å². The van der Waals surface area contributed by atoms with Gasteiger partial charge in [0.2, 0.25) is 0 Å². The summed E-state index contributed by atoms with van der Waals surface area (Å²) in [5.41, 5.74) is 0. The van der Waals surface area contributed by atoms with E-state index >= 15 is 0 Å². The van der Waals surface area contributed by atoms with Crippen LogP contribution in [-0.4, -0.2) is 11.5 Å². The minimum absolute atomic E-state index is 0. The molecule has 0 saturated carbocycles. The van der Waals surface area contributed by atoms with Gasteiger partial charge in [-0.3, -0.25) is 0 Å². The van der Waals surface area contributed by atoms with Crippen LogP contribution in [0.25, 0.3) is 0 Å². The number of rotatable bonds is 6. The van der Waals surface area contributed by atoms with Crippen LogP contribution in [0.4, 0.5) is 0 Å². The second kappa shape index (κ2) is 14.7. The van der Waals surface area contributed by atoms with Gasteiger partial charge in [-0.05, 0) is 35.8 Å². The van der Waals surface area contributed by atoms with Gasteiger partial charge in [0.1, 0.15) is 0 Å². The molecule has 0 atom stereocenters. The van der Waals surface area contributed by atoms with Crippen molar-refractivity contribution in [2.75, 3.05) is 11.5 Å². The summed E-state index contributed by atoms with van der Waals surface area (Å²) in [6, 6.07) is 20.8. The van der Waals surface area contributed by atoms with Crippen molar-refractivity contribution in [3.05, 3.63) is 74.5 Å². The van der Waals surface area contributed by atoms with Crippen LogP contribution in [0.1, 0.15) is 12.8 Å². The molecule has 0 aliphatic rings. The summed E-state index contributed by atoms with van der Waals surface area (Å²) in [5.74, 6) is 2.23. The molecule has 21 heavy (non-hydrogen) atoms. The standard InChI is InChI=1S/2C9H11S.Zn/c2*1-2-8-10-9-6-4-3-5-7-9;/h2*3-7H,1-2,8H2;/q2*-1;+2. The second-order valence-electron chi connectivity index (χ2n) is 4.03. The van der Waals surface area contributed by atoms with Gasteiger partial charge in [-0.15, -0.1) is 23.5 Å². The Balaban J connectivity index is 0.000000364. The Bertz CT molecular complexity index is 388. The maximum Gasteiger partial charge on any atom is 2.00 e. The Morgan fingerprint density at radius 3 is 1.24 bits per heavy atom. The van der Waals surface area contributed by atoms with Crippen molar-refractivity contribution in [1.29, 1.82) is 0 Å². The van der Waals surface area contributed by atoms with Crippen LogP contribution >= 0.6 is 23.5 Å². The molecule has 2 aromatic rings. The van der Waals surface area contributed by atoms with Crippen molar-refractivity contribution in [2.45, 2.75) is 22.6 Å². The van der Waals surface area contributed by atoms with E-state index in [-0.39, 0.29) is 19.5 Å². The maximum absolute atomic E-state index is 3.78. The predicted molar refractivity (Wildman–Crippen MR) is 94.3 cm³/mol. The second-order valence-corrected chi connectivity index (χ2v) is 6.37. The molecule has 0 saturated heterocycles. The molecule has 108 valence electrons. The van der Waals surface area contributed by atoms with Gasteiger partial charge in [-0.2, -0.15) is 12.8 Å². The zero-order valence-corrected chi connectivity index (χ0v) is 17.1. The number of thioether (sulfide) groups is 2. The first-order chi connectivity index (χ1) is 9.86. The molecule has 0 unspecified atom stereocenters. The molecule has 0 heterocycles. The molecular weight excluding hydrogens is 346 g/mol. The van der Waals surface area contributed by atoms with E-state index in [4.69, 9.17) is 0 Å². The minimum Gasteiger partial charge on any atom is -0.343 e. The molecule has 0 fully saturated rings. The smallest absolute Gasteiger partial charge is 0.343 e. The third-order valence-electron chi connectivity index (χ3n) is 2.31. The summed E-state index contributed by atoms with van der Waals surface area (Å²) < 4.78 is 0. The van der Waals surface area contributed by atoms with Crippen LogP contribution in [0, 0.1) is 13.8 Å². The quantitative estimate of drug-likeness (QED) is 0.348. The molecule has 0 aromatic heterocycles. The zero-order valence-electron chi connectivity index (χ0n) is 12.5. The van der Waals surface area contributed by atoms with E-state index in [0.29, 0.717) is 0 Å². The SMILES string of the molecule is [CH2-]CCSc1ccccc1.[CH2-]CCSc1ccccc1.[Zn+2]. The molecule has 3 heteroatoms. The van der Waals surface area contributed by atoms with Gasteiger partial charge < -0.3 is 13.8 Å². The normalized spacial score (nSPS) is 9.24. The molecule has 2 rings (SSSR count). The zero-order chi connectivity index (χ0) is 14.5. The van der Waals surface area contributed by atoms with Gasteiger partial charge in [0.25, 0.3) is 0 Å². The van der Waals surface area contributed by atoms with Gasteiger partial charge in [0, 0.05) is 9.79 Å². The number of hydrogen-bond donors (Lipinski definition) is 0. The minimum atomic E-state index is 0. The van der Waals surface area contributed by atoms with E-state index in [1.807, 2.05) is 35.7 Å². The molecule has 0 nitrogen and oxygen atoms in total. The largest absolute Gasteiger partial charge is 2.00 e. The summed E-state index contributed by atoms with van der Waals surface area (Å²) in [5, 5.41) is 0. The summed E-state index contributed by atoms with van der Waals surface area (Å²) in [4.78, 5) is 2.68. The van der Waals surface area contributed by atoms with Crippen molar-refractivity contribution in [1.82, 2.24) is 0 Å². The van der Waals surface area contributed by atoms with Crippen LogP contribution < -0.4 is 0 Å². The third-order valence-corrected chi connectivity index (χ3v) is 4.51.